The highest BCUT2D eigenvalue weighted by Gasteiger charge is 2.32. The number of nitrogens with zero attached hydrogens (tertiary/aromatic N) is 1. The van der Waals surface area contributed by atoms with Crippen molar-refractivity contribution in [3.8, 4) is 0 Å². The molecule has 0 unspecified atom stereocenters. The molecule has 116 valence electrons. The Morgan fingerprint density at radius 2 is 1.95 bits per heavy atom. The second-order valence-electron chi connectivity index (χ2n) is 5.85. The Hall–Kier alpha value is -0.490. The van der Waals surface area contributed by atoms with E-state index in [0.717, 1.165) is 62.3 Å². The molecule has 0 spiro atoms. The predicted molar refractivity (Wildman–Crippen MR) is 84.8 cm³/mol. The Morgan fingerprint density at radius 1 is 1.24 bits per heavy atom. The van der Waals surface area contributed by atoms with Crippen LogP contribution in [0.1, 0.15) is 24.4 Å². The van der Waals surface area contributed by atoms with Gasteiger partial charge < -0.3 is 10.1 Å². The van der Waals surface area contributed by atoms with E-state index in [2.05, 4.69) is 26.1 Å². The molecule has 3 nitrogen and oxygen atoms in total. The maximum absolute atomic E-state index is 13.8. The van der Waals surface area contributed by atoms with Crippen LogP contribution >= 0.6 is 15.9 Å². The minimum Gasteiger partial charge on any atom is -0.381 e. The molecule has 2 heterocycles. The van der Waals surface area contributed by atoms with Crippen molar-refractivity contribution in [1.82, 2.24) is 10.2 Å². The van der Waals surface area contributed by atoms with Crippen molar-refractivity contribution < 1.29 is 9.13 Å². The van der Waals surface area contributed by atoms with Gasteiger partial charge in [0.25, 0.3) is 0 Å². The first-order valence-corrected chi connectivity index (χ1v) is 8.52. The molecule has 5 heteroatoms. The van der Waals surface area contributed by atoms with E-state index in [-0.39, 0.29) is 11.9 Å². The standard InChI is InChI=1S/C16H22BrFN2O/c17-15-2-1-13(18)11-14(15)16(12-3-9-21-10-4-12)20-7-5-19-6-8-20/h1-2,11-12,16,19H,3-10H2/t16-/m1/s1. The van der Waals surface area contributed by atoms with Gasteiger partial charge in [0.15, 0.2) is 0 Å². The summed E-state index contributed by atoms with van der Waals surface area (Å²) in [5.74, 6) is 0.385. The van der Waals surface area contributed by atoms with Crippen LogP contribution in [0, 0.1) is 11.7 Å². The summed E-state index contributed by atoms with van der Waals surface area (Å²) >= 11 is 3.62. The molecule has 2 saturated heterocycles. The molecule has 0 aliphatic carbocycles. The van der Waals surface area contributed by atoms with E-state index in [4.69, 9.17) is 4.74 Å². The first-order valence-electron chi connectivity index (χ1n) is 7.73. The highest BCUT2D eigenvalue weighted by Crippen LogP contribution is 2.38. The first-order chi connectivity index (χ1) is 10.3. The second-order valence-corrected chi connectivity index (χ2v) is 6.70. The fraction of sp³-hybridized carbons (Fsp3) is 0.625. The average Bonchev–Trinajstić information content (AvgIpc) is 2.53. The van der Waals surface area contributed by atoms with E-state index in [1.807, 2.05) is 6.07 Å². The third kappa shape index (κ3) is 3.65. The maximum Gasteiger partial charge on any atom is 0.123 e. The van der Waals surface area contributed by atoms with E-state index in [9.17, 15) is 4.39 Å². The van der Waals surface area contributed by atoms with Crippen LogP contribution in [-0.4, -0.2) is 44.3 Å². The number of rotatable bonds is 3. The smallest absolute Gasteiger partial charge is 0.123 e. The molecular formula is C16H22BrFN2O. The molecule has 1 aromatic carbocycles. The van der Waals surface area contributed by atoms with Gasteiger partial charge in [0.1, 0.15) is 5.82 Å². The Labute approximate surface area is 134 Å². The molecule has 1 N–H and O–H groups in total. The maximum atomic E-state index is 13.8. The molecular weight excluding hydrogens is 335 g/mol. The Balaban J connectivity index is 1.91. The average molecular weight is 357 g/mol. The summed E-state index contributed by atoms with van der Waals surface area (Å²) in [6.07, 6.45) is 2.11. The normalized spacial score (nSPS) is 23.1. The number of nitrogens with one attached hydrogen (secondary N) is 1. The van der Waals surface area contributed by atoms with Crippen LogP contribution in [0.25, 0.3) is 0 Å². The third-order valence-corrected chi connectivity index (χ3v) is 5.26. The van der Waals surface area contributed by atoms with Gasteiger partial charge in [-0.3, -0.25) is 4.90 Å². The van der Waals surface area contributed by atoms with Crippen molar-refractivity contribution in [3.63, 3.8) is 0 Å². The van der Waals surface area contributed by atoms with Gasteiger partial charge in [0.05, 0.1) is 0 Å². The summed E-state index contributed by atoms with van der Waals surface area (Å²) in [4.78, 5) is 2.51. The zero-order valence-corrected chi connectivity index (χ0v) is 13.7. The van der Waals surface area contributed by atoms with Gasteiger partial charge in [-0.15, -0.1) is 0 Å². The van der Waals surface area contributed by atoms with Crippen molar-refractivity contribution in [2.75, 3.05) is 39.4 Å². The number of benzene rings is 1. The molecule has 0 radical (unpaired) electrons. The zero-order valence-electron chi connectivity index (χ0n) is 12.2. The molecule has 21 heavy (non-hydrogen) atoms. The Morgan fingerprint density at radius 3 is 2.67 bits per heavy atom. The highest BCUT2D eigenvalue weighted by molar-refractivity contribution is 9.10. The lowest BCUT2D eigenvalue weighted by Gasteiger charge is -2.41. The molecule has 2 aliphatic heterocycles. The van der Waals surface area contributed by atoms with E-state index in [1.54, 1.807) is 6.07 Å². The zero-order chi connectivity index (χ0) is 14.7. The van der Waals surface area contributed by atoms with E-state index in [1.165, 1.54) is 6.07 Å². The molecule has 3 rings (SSSR count). The van der Waals surface area contributed by atoms with Crippen LogP contribution in [0.5, 0.6) is 0 Å². The third-order valence-electron chi connectivity index (χ3n) is 4.53. The summed E-state index contributed by atoms with van der Waals surface area (Å²) in [5, 5.41) is 3.40. The number of halogens is 2. The summed E-state index contributed by atoms with van der Waals surface area (Å²) < 4.78 is 20.3. The number of hydrogen-bond donors (Lipinski definition) is 1. The van der Waals surface area contributed by atoms with E-state index < -0.39 is 0 Å². The quantitative estimate of drug-likeness (QED) is 0.900. The topological polar surface area (TPSA) is 24.5 Å². The van der Waals surface area contributed by atoms with Gasteiger partial charge in [-0.2, -0.15) is 0 Å². The van der Waals surface area contributed by atoms with Crippen molar-refractivity contribution in [2.24, 2.45) is 5.92 Å². The lowest BCUT2D eigenvalue weighted by molar-refractivity contribution is 0.0210. The predicted octanol–water partition coefficient (Wildman–Crippen LogP) is 2.96. The van der Waals surface area contributed by atoms with Crippen LogP contribution in [-0.2, 0) is 4.74 Å². The first kappa shape index (κ1) is 15.4. The fourth-order valence-electron chi connectivity index (χ4n) is 3.48. The van der Waals surface area contributed by atoms with Gasteiger partial charge in [-0.25, -0.2) is 4.39 Å². The van der Waals surface area contributed by atoms with Gasteiger partial charge in [-0.1, -0.05) is 15.9 Å². The van der Waals surface area contributed by atoms with Crippen molar-refractivity contribution in [1.29, 1.82) is 0 Å². The largest absolute Gasteiger partial charge is 0.381 e. The summed E-state index contributed by atoms with van der Waals surface area (Å²) in [7, 11) is 0. The van der Waals surface area contributed by atoms with Gasteiger partial charge >= 0.3 is 0 Å². The van der Waals surface area contributed by atoms with Crippen LogP contribution in [0.2, 0.25) is 0 Å². The molecule has 2 fully saturated rings. The summed E-state index contributed by atoms with van der Waals surface area (Å²) in [5.41, 5.74) is 1.09. The van der Waals surface area contributed by atoms with Crippen LogP contribution in [0.15, 0.2) is 22.7 Å². The molecule has 1 atom stereocenters. The lowest BCUT2D eigenvalue weighted by atomic mass is 9.85. The lowest BCUT2D eigenvalue weighted by Crippen LogP contribution is -2.47. The number of hydrogen-bond acceptors (Lipinski definition) is 3. The SMILES string of the molecule is Fc1ccc(Br)c([C@@H](C2CCOCC2)N2CCNCC2)c1. The molecule has 1 aromatic rings. The molecule has 0 aromatic heterocycles. The number of piperazine rings is 1. The molecule has 0 amide bonds. The van der Waals surface area contributed by atoms with Crippen LogP contribution in [0.3, 0.4) is 0 Å². The van der Waals surface area contributed by atoms with Gasteiger partial charge in [0.2, 0.25) is 0 Å². The molecule has 0 bridgehead atoms. The van der Waals surface area contributed by atoms with E-state index in [0.29, 0.717) is 5.92 Å². The Kier molecular flexibility index (Phi) is 5.27. The van der Waals surface area contributed by atoms with Gasteiger partial charge in [0, 0.05) is 49.9 Å². The van der Waals surface area contributed by atoms with Crippen LogP contribution < -0.4 is 5.32 Å². The van der Waals surface area contributed by atoms with Gasteiger partial charge in [-0.05, 0) is 42.5 Å². The summed E-state index contributed by atoms with van der Waals surface area (Å²) in [6, 6.07) is 5.33. The van der Waals surface area contributed by atoms with E-state index >= 15 is 0 Å². The fourth-order valence-corrected chi connectivity index (χ4v) is 3.96. The summed E-state index contributed by atoms with van der Waals surface area (Å²) in [6.45, 7) is 5.69. The highest BCUT2D eigenvalue weighted by atomic mass is 79.9. The Bertz CT molecular complexity index is 455. The van der Waals surface area contributed by atoms with Crippen molar-refractivity contribution in [3.05, 3.63) is 34.1 Å². The minimum atomic E-state index is -0.152. The number of ether oxygens (including phenoxy) is 1. The monoisotopic (exact) mass is 356 g/mol. The second kappa shape index (κ2) is 7.18. The molecule has 2 aliphatic rings. The van der Waals surface area contributed by atoms with Crippen LogP contribution in [0.4, 0.5) is 4.39 Å². The van der Waals surface area contributed by atoms with Crippen molar-refractivity contribution in [2.45, 2.75) is 18.9 Å². The van der Waals surface area contributed by atoms with Crippen molar-refractivity contribution >= 4 is 15.9 Å². The molecule has 0 saturated carbocycles. The minimum absolute atomic E-state index is 0.152.